The van der Waals surface area contributed by atoms with E-state index in [9.17, 15) is 0 Å². The van der Waals surface area contributed by atoms with Gasteiger partial charge in [-0.05, 0) is 43.9 Å². The van der Waals surface area contributed by atoms with E-state index >= 15 is 0 Å². The minimum Gasteiger partial charge on any atom is -0.374 e. The normalized spacial score (nSPS) is 35.1. The molecule has 0 saturated carbocycles. The molecule has 1 N–H and O–H groups in total. The minimum atomic E-state index is 0.235. The molecule has 2 fully saturated rings. The number of rotatable bonds is 4. The lowest BCUT2D eigenvalue weighted by molar-refractivity contribution is -0.0700. The van der Waals surface area contributed by atoms with Crippen molar-refractivity contribution in [3.63, 3.8) is 0 Å². The summed E-state index contributed by atoms with van der Waals surface area (Å²) in [6.45, 7) is 6.72. The van der Waals surface area contributed by atoms with Crippen LogP contribution in [0.2, 0.25) is 0 Å². The van der Waals surface area contributed by atoms with Gasteiger partial charge in [-0.1, -0.05) is 13.8 Å². The van der Waals surface area contributed by atoms with Gasteiger partial charge in [0.1, 0.15) is 0 Å². The molecule has 0 aromatic rings. The fourth-order valence-corrected chi connectivity index (χ4v) is 4.02. The topological polar surface area (TPSA) is 21.3 Å². The van der Waals surface area contributed by atoms with Crippen molar-refractivity contribution in [3.05, 3.63) is 0 Å². The molecule has 2 aliphatic rings. The molecule has 16 heavy (non-hydrogen) atoms. The van der Waals surface area contributed by atoms with Gasteiger partial charge in [0.25, 0.3) is 0 Å². The summed E-state index contributed by atoms with van der Waals surface area (Å²) in [5.41, 5.74) is 0.235. The molecule has 2 saturated heterocycles. The molecule has 0 radical (unpaired) electrons. The van der Waals surface area contributed by atoms with Crippen molar-refractivity contribution in [1.29, 1.82) is 0 Å². The van der Waals surface area contributed by atoms with Crippen molar-refractivity contribution < 1.29 is 4.74 Å². The molecule has 0 aromatic carbocycles. The van der Waals surface area contributed by atoms with Gasteiger partial charge in [-0.15, -0.1) is 0 Å². The number of thioether (sulfide) groups is 1. The third kappa shape index (κ3) is 3.38. The fraction of sp³-hybridized carbons (Fsp3) is 1.00. The summed E-state index contributed by atoms with van der Waals surface area (Å²) >= 11 is 2.06. The second-order valence-corrected chi connectivity index (χ2v) is 6.77. The monoisotopic (exact) mass is 243 g/mol. The lowest BCUT2D eigenvalue weighted by Gasteiger charge is -2.38. The van der Waals surface area contributed by atoms with Crippen molar-refractivity contribution in [1.82, 2.24) is 5.32 Å². The highest BCUT2D eigenvalue weighted by atomic mass is 32.2. The molecule has 0 bridgehead atoms. The van der Waals surface area contributed by atoms with Crippen LogP contribution in [0.25, 0.3) is 0 Å². The largest absolute Gasteiger partial charge is 0.374 e. The second kappa shape index (κ2) is 5.74. The van der Waals surface area contributed by atoms with Gasteiger partial charge in [0.2, 0.25) is 0 Å². The van der Waals surface area contributed by atoms with Gasteiger partial charge in [-0.3, -0.25) is 0 Å². The van der Waals surface area contributed by atoms with Gasteiger partial charge in [-0.25, -0.2) is 0 Å². The van der Waals surface area contributed by atoms with Crippen LogP contribution in [0.4, 0.5) is 0 Å². The number of nitrogens with one attached hydrogen (secondary N) is 1. The maximum Gasteiger partial charge on any atom is 0.0795 e. The molecule has 2 unspecified atom stereocenters. The van der Waals surface area contributed by atoms with Crippen LogP contribution in [-0.2, 0) is 4.74 Å². The van der Waals surface area contributed by atoms with Gasteiger partial charge >= 0.3 is 0 Å². The summed E-state index contributed by atoms with van der Waals surface area (Å²) in [5, 5.41) is 3.71. The summed E-state index contributed by atoms with van der Waals surface area (Å²) < 4.78 is 6.02. The zero-order valence-electron chi connectivity index (χ0n) is 10.6. The number of hydrogen-bond donors (Lipinski definition) is 1. The third-order valence-electron chi connectivity index (χ3n) is 3.71. The van der Waals surface area contributed by atoms with E-state index in [4.69, 9.17) is 4.74 Å². The van der Waals surface area contributed by atoms with E-state index in [1.54, 1.807) is 0 Å². The van der Waals surface area contributed by atoms with E-state index in [0.29, 0.717) is 6.04 Å². The van der Waals surface area contributed by atoms with Crippen molar-refractivity contribution in [2.45, 2.75) is 51.2 Å². The minimum absolute atomic E-state index is 0.235. The average Bonchev–Trinajstić information content (AvgIpc) is 2.66. The first-order valence-electron chi connectivity index (χ1n) is 6.65. The Morgan fingerprint density at radius 2 is 2.38 bits per heavy atom. The fourth-order valence-electron chi connectivity index (χ4n) is 2.64. The molecule has 2 rings (SSSR count). The molecule has 0 aliphatic carbocycles. The van der Waals surface area contributed by atoms with Crippen molar-refractivity contribution in [3.8, 4) is 0 Å². The molecule has 2 nitrogen and oxygen atoms in total. The number of ether oxygens (including phenoxy) is 1. The zero-order valence-corrected chi connectivity index (χ0v) is 11.4. The van der Waals surface area contributed by atoms with Gasteiger partial charge in [-0.2, -0.15) is 11.8 Å². The molecule has 2 atom stereocenters. The van der Waals surface area contributed by atoms with E-state index in [1.165, 1.54) is 43.7 Å². The molecular formula is C13H25NOS. The van der Waals surface area contributed by atoms with Crippen LogP contribution in [0, 0.1) is 5.92 Å². The Labute approximate surface area is 104 Å². The Hall–Kier alpha value is 0.270. The van der Waals surface area contributed by atoms with Gasteiger partial charge in [0.05, 0.1) is 5.60 Å². The maximum atomic E-state index is 6.02. The summed E-state index contributed by atoms with van der Waals surface area (Å²) in [4.78, 5) is 0. The first kappa shape index (κ1) is 12.7. The first-order valence-corrected chi connectivity index (χ1v) is 7.81. The predicted octanol–water partition coefficient (Wildman–Crippen LogP) is 2.68. The van der Waals surface area contributed by atoms with Crippen LogP contribution in [0.1, 0.15) is 39.5 Å². The average molecular weight is 243 g/mol. The Bertz CT molecular complexity index is 214. The maximum absolute atomic E-state index is 6.02. The van der Waals surface area contributed by atoms with E-state index in [2.05, 4.69) is 30.9 Å². The molecule has 1 spiro atoms. The third-order valence-corrected chi connectivity index (χ3v) is 4.94. The molecule has 3 heteroatoms. The predicted molar refractivity (Wildman–Crippen MR) is 71.1 cm³/mol. The van der Waals surface area contributed by atoms with E-state index in [-0.39, 0.29) is 5.60 Å². The molecular weight excluding hydrogens is 218 g/mol. The SMILES string of the molecule is CC(C)CCNC1CCOC2(CCSC2)C1. The van der Waals surface area contributed by atoms with Crippen LogP contribution >= 0.6 is 11.8 Å². The van der Waals surface area contributed by atoms with Gasteiger partial charge < -0.3 is 10.1 Å². The smallest absolute Gasteiger partial charge is 0.0795 e. The van der Waals surface area contributed by atoms with Crippen molar-refractivity contribution >= 4 is 11.8 Å². The van der Waals surface area contributed by atoms with E-state index in [1.807, 2.05) is 0 Å². The van der Waals surface area contributed by atoms with Gasteiger partial charge in [0.15, 0.2) is 0 Å². The van der Waals surface area contributed by atoms with Crippen LogP contribution in [0.5, 0.6) is 0 Å². The number of hydrogen-bond acceptors (Lipinski definition) is 3. The van der Waals surface area contributed by atoms with Gasteiger partial charge in [0, 0.05) is 18.4 Å². The van der Waals surface area contributed by atoms with Crippen LogP contribution in [0.3, 0.4) is 0 Å². The summed E-state index contributed by atoms with van der Waals surface area (Å²) in [7, 11) is 0. The van der Waals surface area contributed by atoms with E-state index in [0.717, 1.165) is 12.5 Å². The molecule has 0 amide bonds. The first-order chi connectivity index (χ1) is 7.70. The Morgan fingerprint density at radius 1 is 1.50 bits per heavy atom. The van der Waals surface area contributed by atoms with Crippen molar-refractivity contribution in [2.24, 2.45) is 5.92 Å². The lowest BCUT2D eigenvalue weighted by atomic mass is 9.90. The molecule has 2 heterocycles. The Balaban J connectivity index is 1.74. The van der Waals surface area contributed by atoms with Crippen LogP contribution < -0.4 is 5.32 Å². The molecule has 0 aromatic heterocycles. The molecule has 2 aliphatic heterocycles. The summed E-state index contributed by atoms with van der Waals surface area (Å²) in [5.74, 6) is 3.32. The quantitative estimate of drug-likeness (QED) is 0.820. The highest BCUT2D eigenvalue weighted by Gasteiger charge is 2.40. The standard InChI is InChI=1S/C13H25NOS/c1-11(2)3-6-14-12-4-7-15-13(9-12)5-8-16-10-13/h11-12,14H,3-10H2,1-2H3. The van der Waals surface area contributed by atoms with Crippen molar-refractivity contribution in [2.75, 3.05) is 24.7 Å². The summed E-state index contributed by atoms with van der Waals surface area (Å²) in [6, 6.07) is 0.700. The Morgan fingerprint density at radius 3 is 3.06 bits per heavy atom. The Kier molecular flexibility index (Phi) is 4.57. The zero-order chi connectivity index (χ0) is 11.4. The van der Waals surface area contributed by atoms with Crippen LogP contribution in [0.15, 0.2) is 0 Å². The van der Waals surface area contributed by atoms with E-state index < -0.39 is 0 Å². The highest BCUT2D eigenvalue weighted by molar-refractivity contribution is 7.99. The highest BCUT2D eigenvalue weighted by Crippen LogP contribution is 2.38. The molecule has 94 valence electrons. The second-order valence-electron chi connectivity index (χ2n) is 5.66. The lowest BCUT2D eigenvalue weighted by Crippen LogP contribution is -2.47. The summed E-state index contributed by atoms with van der Waals surface area (Å²) in [6.07, 6.45) is 4.99. The van der Waals surface area contributed by atoms with Crippen LogP contribution in [-0.4, -0.2) is 36.3 Å².